The molecule has 2 fully saturated rings. The first-order valence-corrected chi connectivity index (χ1v) is 12.5. The van der Waals surface area contributed by atoms with Gasteiger partial charge in [0.05, 0.1) is 10.3 Å². The number of nitrogens with one attached hydrogen (secondary N) is 2. The van der Waals surface area contributed by atoms with Gasteiger partial charge < -0.3 is 10.6 Å². The van der Waals surface area contributed by atoms with Gasteiger partial charge in [-0.2, -0.15) is 4.31 Å². The van der Waals surface area contributed by atoms with Gasteiger partial charge in [0, 0.05) is 31.7 Å². The van der Waals surface area contributed by atoms with Gasteiger partial charge in [-0.05, 0) is 55.5 Å². The van der Waals surface area contributed by atoms with E-state index in [1.54, 1.807) is 12.1 Å². The Bertz CT molecular complexity index is 1070. The van der Waals surface area contributed by atoms with Crippen molar-refractivity contribution >= 4 is 27.5 Å². The van der Waals surface area contributed by atoms with Crippen molar-refractivity contribution < 1.29 is 18.0 Å². The van der Waals surface area contributed by atoms with Crippen molar-refractivity contribution in [3.05, 3.63) is 60.2 Å². The van der Waals surface area contributed by atoms with Gasteiger partial charge in [-0.15, -0.1) is 0 Å². The molecule has 0 unspecified atom stereocenters. The topological polar surface area (TPSA) is 95.6 Å². The second kappa shape index (κ2) is 9.03. The molecule has 170 valence electrons. The molecule has 8 heteroatoms. The molecule has 1 heterocycles. The normalized spacial score (nSPS) is 19.0. The average Bonchev–Trinajstić information content (AvgIpc) is 2.74. The summed E-state index contributed by atoms with van der Waals surface area (Å²) < 4.78 is 27.5. The summed E-state index contributed by atoms with van der Waals surface area (Å²) in [5, 5.41) is 5.83. The Kier molecular flexibility index (Phi) is 6.35. The molecule has 0 aromatic heterocycles. The maximum absolute atomic E-state index is 13.2. The third-order valence-corrected chi connectivity index (χ3v) is 8.48. The van der Waals surface area contributed by atoms with Gasteiger partial charge in [0.15, 0.2) is 0 Å². The van der Waals surface area contributed by atoms with Crippen LogP contribution >= 0.6 is 0 Å². The molecule has 1 saturated carbocycles. The summed E-state index contributed by atoms with van der Waals surface area (Å²) in [6.45, 7) is 2.12. The minimum atomic E-state index is -3.62. The Hall–Kier alpha value is -2.71. The Morgan fingerprint density at radius 1 is 0.969 bits per heavy atom. The maximum atomic E-state index is 13.2. The fourth-order valence-corrected chi connectivity index (χ4v) is 6.03. The highest BCUT2D eigenvalue weighted by molar-refractivity contribution is 7.89. The zero-order valence-electron chi connectivity index (χ0n) is 18.2. The van der Waals surface area contributed by atoms with Crippen molar-refractivity contribution in [2.24, 2.45) is 0 Å². The summed E-state index contributed by atoms with van der Waals surface area (Å²) in [5.74, 6) is -0.148. The van der Waals surface area contributed by atoms with E-state index in [0.717, 1.165) is 24.8 Å². The van der Waals surface area contributed by atoms with Crippen LogP contribution in [0.1, 0.15) is 44.6 Å². The van der Waals surface area contributed by atoms with E-state index in [1.807, 2.05) is 30.3 Å². The molecule has 2 aromatic rings. The van der Waals surface area contributed by atoms with Crippen LogP contribution in [0.5, 0.6) is 0 Å². The highest BCUT2D eigenvalue weighted by Crippen LogP contribution is 2.44. The maximum Gasteiger partial charge on any atom is 0.243 e. The van der Waals surface area contributed by atoms with Crippen molar-refractivity contribution in [1.82, 2.24) is 9.62 Å². The van der Waals surface area contributed by atoms with Crippen LogP contribution in [-0.4, -0.2) is 43.7 Å². The number of hydrogen-bond acceptors (Lipinski definition) is 4. The molecule has 2 aliphatic rings. The number of hydrogen-bond donors (Lipinski definition) is 2. The van der Waals surface area contributed by atoms with Crippen LogP contribution in [0.15, 0.2) is 59.5 Å². The zero-order chi connectivity index (χ0) is 22.8. The van der Waals surface area contributed by atoms with Crippen LogP contribution < -0.4 is 10.6 Å². The van der Waals surface area contributed by atoms with Crippen molar-refractivity contribution in [2.75, 3.05) is 18.4 Å². The molecule has 7 nitrogen and oxygen atoms in total. The number of carbonyl (C=O) groups is 2. The fourth-order valence-electron chi connectivity index (χ4n) is 4.56. The molecule has 1 saturated heterocycles. The molecule has 2 N–H and O–H groups in total. The number of sulfonamides is 1. The molecule has 2 aromatic carbocycles. The van der Waals surface area contributed by atoms with E-state index in [1.165, 1.54) is 23.4 Å². The summed E-state index contributed by atoms with van der Waals surface area (Å²) in [5.41, 5.74) is 1.17. The molecular weight excluding hydrogens is 426 g/mol. The lowest BCUT2D eigenvalue weighted by Crippen LogP contribution is -2.54. The minimum absolute atomic E-state index is 0.0303. The highest BCUT2D eigenvalue weighted by Gasteiger charge is 2.46. The van der Waals surface area contributed by atoms with Gasteiger partial charge in [-0.25, -0.2) is 8.42 Å². The second-order valence-corrected chi connectivity index (χ2v) is 10.6. The number of piperidine rings is 1. The average molecular weight is 456 g/mol. The van der Waals surface area contributed by atoms with Crippen LogP contribution in [-0.2, 0) is 25.0 Å². The molecule has 0 spiro atoms. The molecule has 4 rings (SSSR count). The third-order valence-electron chi connectivity index (χ3n) is 6.57. The van der Waals surface area contributed by atoms with E-state index in [9.17, 15) is 18.0 Å². The van der Waals surface area contributed by atoms with Crippen LogP contribution in [0.3, 0.4) is 0 Å². The van der Waals surface area contributed by atoms with E-state index < -0.39 is 15.4 Å². The lowest BCUT2D eigenvalue weighted by atomic mass is 9.63. The SMILES string of the molecule is CC(=O)Nc1ccc(S(=O)(=O)N2CCC(NC(=O)C3(c4ccccc4)CCC3)CC2)cc1. The standard InChI is InChI=1S/C24H29N3O4S/c1-18(28)25-20-8-10-22(11-9-20)32(30,31)27-16-12-21(13-17-27)26-23(29)24(14-5-15-24)19-6-3-2-4-7-19/h2-4,6-11,21H,5,12-17H2,1H3,(H,25,28)(H,26,29). The van der Waals surface area contributed by atoms with E-state index in [0.29, 0.717) is 31.6 Å². The van der Waals surface area contributed by atoms with Crippen molar-refractivity contribution in [2.45, 2.75) is 55.4 Å². The summed E-state index contributed by atoms with van der Waals surface area (Å²) in [7, 11) is -3.62. The molecule has 1 aliphatic carbocycles. The van der Waals surface area contributed by atoms with Gasteiger partial charge in [-0.3, -0.25) is 9.59 Å². The first kappa shape index (κ1) is 22.5. The van der Waals surface area contributed by atoms with Crippen LogP contribution in [0.4, 0.5) is 5.69 Å². The molecule has 0 radical (unpaired) electrons. The Morgan fingerprint density at radius 3 is 2.12 bits per heavy atom. The first-order valence-electron chi connectivity index (χ1n) is 11.1. The zero-order valence-corrected chi connectivity index (χ0v) is 19.0. The monoisotopic (exact) mass is 455 g/mol. The fraction of sp³-hybridized carbons (Fsp3) is 0.417. The first-order chi connectivity index (χ1) is 15.3. The van der Waals surface area contributed by atoms with Gasteiger partial charge >= 0.3 is 0 Å². The summed E-state index contributed by atoms with van der Waals surface area (Å²) >= 11 is 0. The van der Waals surface area contributed by atoms with E-state index in [-0.39, 0.29) is 22.8 Å². The molecule has 32 heavy (non-hydrogen) atoms. The van der Waals surface area contributed by atoms with Gasteiger partial charge in [0.2, 0.25) is 21.8 Å². The number of rotatable bonds is 6. The van der Waals surface area contributed by atoms with Crippen molar-refractivity contribution in [1.29, 1.82) is 0 Å². The predicted octanol–water partition coefficient (Wildman–Crippen LogP) is 3.04. The highest BCUT2D eigenvalue weighted by atomic mass is 32.2. The third kappa shape index (κ3) is 4.42. The Labute approximate surface area is 189 Å². The Morgan fingerprint density at radius 2 is 1.59 bits per heavy atom. The predicted molar refractivity (Wildman–Crippen MR) is 123 cm³/mol. The quantitative estimate of drug-likeness (QED) is 0.700. The van der Waals surface area contributed by atoms with Crippen molar-refractivity contribution in [3.8, 4) is 0 Å². The van der Waals surface area contributed by atoms with Gasteiger partial charge in [-0.1, -0.05) is 36.8 Å². The van der Waals surface area contributed by atoms with E-state index in [4.69, 9.17) is 0 Å². The lowest BCUT2D eigenvalue weighted by molar-refractivity contribution is -0.131. The molecular formula is C24H29N3O4S. The largest absolute Gasteiger partial charge is 0.352 e. The van der Waals surface area contributed by atoms with Crippen molar-refractivity contribution in [3.63, 3.8) is 0 Å². The smallest absolute Gasteiger partial charge is 0.243 e. The Balaban J connectivity index is 1.36. The van der Waals surface area contributed by atoms with Gasteiger partial charge in [0.1, 0.15) is 0 Å². The summed E-state index contributed by atoms with van der Waals surface area (Å²) in [6.07, 6.45) is 3.91. The summed E-state index contributed by atoms with van der Waals surface area (Å²) in [4.78, 5) is 24.5. The van der Waals surface area contributed by atoms with E-state index in [2.05, 4.69) is 10.6 Å². The number of anilines is 1. The van der Waals surface area contributed by atoms with Crippen LogP contribution in [0.2, 0.25) is 0 Å². The molecule has 0 atom stereocenters. The minimum Gasteiger partial charge on any atom is -0.352 e. The summed E-state index contributed by atoms with van der Waals surface area (Å²) in [6, 6.07) is 16.1. The second-order valence-electron chi connectivity index (χ2n) is 8.66. The number of benzene rings is 2. The molecule has 2 amide bonds. The molecule has 0 bridgehead atoms. The van der Waals surface area contributed by atoms with Crippen LogP contribution in [0.25, 0.3) is 0 Å². The molecule has 1 aliphatic heterocycles. The van der Waals surface area contributed by atoms with Crippen LogP contribution in [0, 0.1) is 0 Å². The lowest BCUT2D eigenvalue weighted by Gasteiger charge is -2.42. The number of nitrogens with zero attached hydrogens (tertiary/aromatic N) is 1. The number of amides is 2. The van der Waals surface area contributed by atoms with Gasteiger partial charge in [0.25, 0.3) is 0 Å². The van der Waals surface area contributed by atoms with E-state index >= 15 is 0 Å². The number of carbonyl (C=O) groups excluding carboxylic acids is 2.